The van der Waals surface area contributed by atoms with E-state index in [-0.39, 0.29) is 17.6 Å². The van der Waals surface area contributed by atoms with Crippen molar-refractivity contribution in [2.24, 2.45) is 0 Å². The monoisotopic (exact) mass is 209 g/mol. The number of benzene rings is 1. The van der Waals surface area contributed by atoms with Crippen molar-refractivity contribution >= 4 is 0 Å². The molecule has 1 aromatic rings. The van der Waals surface area contributed by atoms with Crippen molar-refractivity contribution in [2.75, 3.05) is 19.7 Å². The van der Waals surface area contributed by atoms with Crippen molar-refractivity contribution in [1.82, 2.24) is 5.32 Å². The molecule has 2 rings (SSSR count). The average Bonchev–Trinajstić information content (AvgIpc) is 2.26. The van der Waals surface area contributed by atoms with Gasteiger partial charge < -0.3 is 20.3 Å². The first-order valence-electron chi connectivity index (χ1n) is 5.03. The summed E-state index contributed by atoms with van der Waals surface area (Å²) in [6, 6.07) is 3.40. The van der Waals surface area contributed by atoms with Crippen LogP contribution in [0.3, 0.4) is 0 Å². The van der Waals surface area contributed by atoms with Crippen molar-refractivity contribution in [3.63, 3.8) is 0 Å². The van der Waals surface area contributed by atoms with Crippen LogP contribution >= 0.6 is 0 Å². The normalized spacial score (nSPS) is 21.5. The van der Waals surface area contributed by atoms with E-state index in [1.807, 2.05) is 6.07 Å². The minimum Gasteiger partial charge on any atom is -0.504 e. The number of hydrogen-bond acceptors (Lipinski definition) is 4. The molecule has 0 aliphatic carbocycles. The van der Waals surface area contributed by atoms with Crippen LogP contribution in [0.2, 0.25) is 0 Å². The molecule has 0 saturated carbocycles. The van der Waals surface area contributed by atoms with Gasteiger partial charge in [-0.05, 0) is 30.2 Å². The second-order valence-electron chi connectivity index (χ2n) is 3.77. The highest BCUT2D eigenvalue weighted by Crippen LogP contribution is 2.33. The number of hydrogen-bond donors (Lipinski definition) is 3. The lowest BCUT2D eigenvalue weighted by atomic mass is 10.0. The molecule has 0 amide bonds. The Labute approximate surface area is 88.5 Å². The predicted molar refractivity (Wildman–Crippen MR) is 56.1 cm³/mol. The van der Waals surface area contributed by atoms with Crippen LogP contribution in [0, 0.1) is 6.92 Å². The van der Waals surface area contributed by atoms with Crippen LogP contribution < -0.4 is 5.32 Å². The quantitative estimate of drug-likeness (QED) is 0.605. The second-order valence-corrected chi connectivity index (χ2v) is 3.77. The molecule has 1 saturated heterocycles. The lowest BCUT2D eigenvalue weighted by Crippen LogP contribution is -2.33. The van der Waals surface area contributed by atoms with Gasteiger partial charge in [0.05, 0.1) is 12.7 Å². The fraction of sp³-hybridized carbons (Fsp3) is 0.455. The molecule has 1 atom stereocenters. The zero-order valence-corrected chi connectivity index (χ0v) is 8.66. The minimum absolute atomic E-state index is 0.0380. The van der Waals surface area contributed by atoms with Gasteiger partial charge in [-0.3, -0.25) is 0 Å². The highest BCUT2D eigenvalue weighted by Gasteiger charge is 2.17. The molecular formula is C11H15NO3. The first-order valence-corrected chi connectivity index (χ1v) is 5.03. The maximum atomic E-state index is 9.49. The Hall–Kier alpha value is -1.26. The summed E-state index contributed by atoms with van der Waals surface area (Å²) in [4.78, 5) is 0. The first-order chi connectivity index (χ1) is 7.18. The Morgan fingerprint density at radius 3 is 2.80 bits per heavy atom. The molecule has 15 heavy (non-hydrogen) atoms. The molecule has 1 unspecified atom stereocenters. The molecule has 3 N–H and O–H groups in total. The zero-order chi connectivity index (χ0) is 10.8. The molecule has 1 aromatic carbocycles. The smallest absolute Gasteiger partial charge is 0.160 e. The summed E-state index contributed by atoms with van der Waals surface area (Å²) in [5.74, 6) is -0.137. The second kappa shape index (κ2) is 4.08. The summed E-state index contributed by atoms with van der Waals surface area (Å²) in [5, 5.41) is 22.1. The van der Waals surface area contributed by atoms with Crippen LogP contribution in [-0.2, 0) is 4.74 Å². The van der Waals surface area contributed by atoms with E-state index in [0.717, 1.165) is 18.7 Å². The van der Waals surface area contributed by atoms with Gasteiger partial charge in [0.25, 0.3) is 0 Å². The van der Waals surface area contributed by atoms with Gasteiger partial charge in [-0.1, -0.05) is 0 Å². The summed E-state index contributed by atoms with van der Waals surface area (Å²) >= 11 is 0. The van der Waals surface area contributed by atoms with Crippen molar-refractivity contribution < 1.29 is 14.9 Å². The van der Waals surface area contributed by atoms with Gasteiger partial charge in [-0.15, -0.1) is 0 Å². The van der Waals surface area contributed by atoms with E-state index in [0.29, 0.717) is 12.2 Å². The third-order valence-electron chi connectivity index (χ3n) is 2.60. The number of nitrogens with one attached hydrogen (secondary N) is 1. The maximum absolute atomic E-state index is 9.49. The number of ether oxygens (including phenoxy) is 1. The highest BCUT2D eigenvalue weighted by atomic mass is 16.5. The molecule has 0 radical (unpaired) electrons. The molecule has 82 valence electrons. The average molecular weight is 209 g/mol. The topological polar surface area (TPSA) is 61.7 Å². The number of aryl methyl sites for hydroxylation is 1. The van der Waals surface area contributed by atoms with Gasteiger partial charge in [0, 0.05) is 13.1 Å². The van der Waals surface area contributed by atoms with Crippen molar-refractivity contribution in [3.8, 4) is 11.5 Å². The third kappa shape index (κ3) is 2.06. The lowest BCUT2D eigenvalue weighted by molar-refractivity contribution is 0.0275. The summed E-state index contributed by atoms with van der Waals surface area (Å²) in [5.41, 5.74) is 1.56. The van der Waals surface area contributed by atoms with E-state index in [1.54, 1.807) is 13.0 Å². The lowest BCUT2D eigenvalue weighted by Gasteiger charge is -2.24. The van der Waals surface area contributed by atoms with Crippen molar-refractivity contribution in [2.45, 2.75) is 13.0 Å². The van der Waals surface area contributed by atoms with E-state index in [2.05, 4.69) is 5.32 Å². The Kier molecular flexibility index (Phi) is 2.79. The predicted octanol–water partition coefficient (Wildman–Crippen LogP) is 1.07. The Morgan fingerprint density at radius 1 is 1.40 bits per heavy atom. The standard InChI is InChI=1S/C11H15NO3/c1-7-4-8(5-9(13)11(7)14)10-6-12-2-3-15-10/h4-5,10,12-14H,2-3,6H2,1H3. The summed E-state index contributed by atoms with van der Waals surface area (Å²) in [6.07, 6.45) is -0.0380. The summed E-state index contributed by atoms with van der Waals surface area (Å²) < 4.78 is 5.56. The van der Waals surface area contributed by atoms with E-state index in [4.69, 9.17) is 4.74 Å². The largest absolute Gasteiger partial charge is 0.504 e. The molecular weight excluding hydrogens is 194 g/mol. The number of aromatic hydroxyl groups is 2. The van der Waals surface area contributed by atoms with E-state index < -0.39 is 0 Å². The van der Waals surface area contributed by atoms with Gasteiger partial charge in [0.2, 0.25) is 0 Å². The fourth-order valence-electron chi connectivity index (χ4n) is 1.75. The van der Waals surface area contributed by atoms with Crippen LogP contribution in [-0.4, -0.2) is 29.9 Å². The highest BCUT2D eigenvalue weighted by molar-refractivity contribution is 5.47. The molecule has 1 fully saturated rings. The van der Waals surface area contributed by atoms with Crippen LogP contribution in [0.5, 0.6) is 11.5 Å². The molecule has 4 nitrogen and oxygen atoms in total. The molecule has 0 spiro atoms. The molecule has 1 aliphatic heterocycles. The molecule has 0 bridgehead atoms. The van der Waals surface area contributed by atoms with Gasteiger partial charge in [0.15, 0.2) is 11.5 Å². The fourth-order valence-corrected chi connectivity index (χ4v) is 1.75. The Morgan fingerprint density at radius 2 is 2.20 bits per heavy atom. The zero-order valence-electron chi connectivity index (χ0n) is 8.66. The summed E-state index contributed by atoms with van der Waals surface area (Å²) in [6.45, 7) is 4.03. The van der Waals surface area contributed by atoms with Crippen LogP contribution in [0.25, 0.3) is 0 Å². The summed E-state index contributed by atoms with van der Waals surface area (Å²) in [7, 11) is 0. The van der Waals surface area contributed by atoms with Crippen molar-refractivity contribution in [3.05, 3.63) is 23.3 Å². The van der Waals surface area contributed by atoms with Crippen LogP contribution in [0.15, 0.2) is 12.1 Å². The number of rotatable bonds is 1. The van der Waals surface area contributed by atoms with Crippen molar-refractivity contribution in [1.29, 1.82) is 0 Å². The van der Waals surface area contributed by atoms with Crippen LogP contribution in [0.1, 0.15) is 17.2 Å². The minimum atomic E-state index is -0.0841. The maximum Gasteiger partial charge on any atom is 0.160 e. The molecule has 1 heterocycles. The number of morpholine rings is 1. The first kappa shape index (κ1) is 10.3. The number of phenolic OH excluding ortho intramolecular Hbond substituents is 2. The van der Waals surface area contributed by atoms with Gasteiger partial charge >= 0.3 is 0 Å². The van der Waals surface area contributed by atoms with E-state index >= 15 is 0 Å². The van der Waals surface area contributed by atoms with Crippen LogP contribution in [0.4, 0.5) is 0 Å². The molecule has 4 heteroatoms. The number of phenols is 2. The Balaban J connectivity index is 2.27. The van der Waals surface area contributed by atoms with Gasteiger partial charge in [0.1, 0.15) is 0 Å². The third-order valence-corrected chi connectivity index (χ3v) is 2.60. The SMILES string of the molecule is Cc1cc(C2CNCCO2)cc(O)c1O. The Bertz CT molecular complexity index is 336. The molecule has 1 aliphatic rings. The van der Waals surface area contributed by atoms with E-state index in [1.165, 1.54) is 0 Å². The van der Waals surface area contributed by atoms with Gasteiger partial charge in [-0.25, -0.2) is 0 Å². The van der Waals surface area contributed by atoms with Gasteiger partial charge in [-0.2, -0.15) is 0 Å². The van der Waals surface area contributed by atoms with E-state index in [9.17, 15) is 10.2 Å². The molecule has 0 aromatic heterocycles.